The number of nitrogens with zero attached hydrogens (tertiary/aromatic N) is 5. The average molecular weight is 402 g/mol. The van der Waals surface area contributed by atoms with E-state index in [1.807, 2.05) is 25.1 Å². The molecule has 9 nitrogen and oxygen atoms in total. The summed E-state index contributed by atoms with van der Waals surface area (Å²) < 4.78 is 10.9. The third-order valence-corrected chi connectivity index (χ3v) is 6.66. The van der Waals surface area contributed by atoms with E-state index in [4.69, 9.17) is 9.47 Å². The minimum Gasteiger partial charge on any atom is -0.454 e. The molecule has 1 unspecified atom stereocenters. The van der Waals surface area contributed by atoms with E-state index in [1.54, 1.807) is 16.7 Å². The van der Waals surface area contributed by atoms with E-state index in [2.05, 4.69) is 32.0 Å². The summed E-state index contributed by atoms with van der Waals surface area (Å²) in [6, 6.07) is 5.80. The Bertz CT molecular complexity index is 897. The molecular formula is C18H22N6O3S. The summed E-state index contributed by atoms with van der Waals surface area (Å²) in [7, 11) is 2.11. The van der Waals surface area contributed by atoms with Gasteiger partial charge in [0.15, 0.2) is 11.5 Å². The molecular weight excluding hydrogens is 380 g/mol. The van der Waals surface area contributed by atoms with E-state index in [9.17, 15) is 4.79 Å². The van der Waals surface area contributed by atoms with Crippen molar-refractivity contribution >= 4 is 29.6 Å². The normalized spacial score (nSPS) is 25.0. The molecule has 2 fully saturated rings. The molecule has 2 saturated heterocycles. The van der Waals surface area contributed by atoms with Crippen molar-refractivity contribution in [1.29, 1.82) is 0 Å². The number of carbonyl (C=O) groups excluding carboxylic acids is 1. The molecule has 1 aromatic heterocycles. The fourth-order valence-electron chi connectivity index (χ4n) is 3.63. The lowest BCUT2D eigenvalue weighted by molar-refractivity contribution is -0.117. The van der Waals surface area contributed by atoms with Crippen LogP contribution >= 0.6 is 11.8 Å². The number of aromatic amines is 1. The van der Waals surface area contributed by atoms with Crippen LogP contribution in [-0.2, 0) is 4.79 Å². The molecule has 1 aromatic carbocycles. The van der Waals surface area contributed by atoms with E-state index >= 15 is 0 Å². The molecule has 0 spiro atoms. The number of aromatic nitrogens is 3. The lowest BCUT2D eigenvalue weighted by Crippen LogP contribution is -2.45. The molecule has 0 aliphatic carbocycles. The molecule has 28 heavy (non-hydrogen) atoms. The first-order valence-corrected chi connectivity index (χ1v) is 10.3. The van der Waals surface area contributed by atoms with Gasteiger partial charge < -0.3 is 19.3 Å². The predicted octanol–water partition coefficient (Wildman–Crippen LogP) is 1.45. The summed E-state index contributed by atoms with van der Waals surface area (Å²) in [5.41, 5.74) is 0.976. The van der Waals surface area contributed by atoms with Gasteiger partial charge in [0.1, 0.15) is 5.37 Å². The smallest absolute Gasteiger partial charge is 0.246 e. The second-order valence-corrected chi connectivity index (χ2v) is 8.63. The summed E-state index contributed by atoms with van der Waals surface area (Å²) in [5.74, 6) is 2.59. The van der Waals surface area contributed by atoms with Gasteiger partial charge in [-0.05, 0) is 31.7 Å². The Balaban J connectivity index is 1.43. The number of anilines is 2. The number of thioether (sulfide) groups is 1. The Kier molecular flexibility index (Phi) is 4.31. The number of piperazine rings is 1. The SMILES string of the molecule is CC1S[C@H](c2ccc3c(c2)OCO3)N(c2nc(N3CCN(C)CC3)n[nH]2)C1=O. The fraction of sp³-hybridized carbons (Fsp3) is 0.500. The Hall–Kier alpha value is -2.46. The number of hydrogen-bond donors (Lipinski definition) is 1. The van der Waals surface area contributed by atoms with Crippen molar-refractivity contribution in [2.24, 2.45) is 0 Å². The van der Waals surface area contributed by atoms with Crippen molar-refractivity contribution in [2.75, 3.05) is 49.8 Å². The molecule has 148 valence electrons. The summed E-state index contributed by atoms with van der Waals surface area (Å²) >= 11 is 1.59. The number of nitrogens with one attached hydrogen (secondary N) is 1. The van der Waals surface area contributed by atoms with Gasteiger partial charge in [-0.15, -0.1) is 16.9 Å². The van der Waals surface area contributed by atoms with Crippen LogP contribution in [0.2, 0.25) is 0 Å². The van der Waals surface area contributed by atoms with Gasteiger partial charge in [0.25, 0.3) is 0 Å². The quantitative estimate of drug-likeness (QED) is 0.826. The van der Waals surface area contributed by atoms with Gasteiger partial charge in [-0.3, -0.25) is 9.69 Å². The Labute approximate surface area is 167 Å². The van der Waals surface area contributed by atoms with Crippen molar-refractivity contribution in [1.82, 2.24) is 20.1 Å². The van der Waals surface area contributed by atoms with Crippen LogP contribution in [0.15, 0.2) is 18.2 Å². The van der Waals surface area contributed by atoms with Crippen LogP contribution in [0.1, 0.15) is 17.9 Å². The van der Waals surface area contributed by atoms with Crippen LogP contribution in [0.25, 0.3) is 0 Å². The van der Waals surface area contributed by atoms with Gasteiger partial charge in [-0.2, -0.15) is 4.98 Å². The number of likely N-dealkylation sites (N-methyl/N-ethyl adjacent to an activating group) is 1. The predicted molar refractivity (Wildman–Crippen MR) is 106 cm³/mol. The molecule has 3 aliphatic rings. The third-order valence-electron chi connectivity index (χ3n) is 5.31. The largest absolute Gasteiger partial charge is 0.454 e. The molecule has 0 radical (unpaired) electrons. The van der Waals surface area contributed by atoms with E-state index in [0.717, 1.165) is 37.5 Å². The lowest BCUT2D eigenvalue weighted by Gasteiger charge is -2.31. The minimum atomic E-state index is -0.190. The number of amides is 1. The third kappa shape index (κ3) is 2.96. The zero-order valence-corrected chi connectivity index (χ0v) is 16.6. The Morgan fingerprint density at radius 3 is 2.79 bits per heavy atom. The molecule has 0 saturated carbocycles. The summed E-state index contributed by atoms with van der Waals surface area (Å²) in [6.07, 6.45) is 0. The highest BCUT2D eigenvalue weighted by Crippen LogP contribution is 2.46. The van der Waals surface area contributed by atoms with E-state index in [0.29, 0.717) is 17.6 Å². The zero-order chi connectivity index (χ0) is 19.3. The first-order valence-electron chi connectivity index (χ1n) is 9.34. The summed E-state index contributed by atoms with van der Waals surface area (Å²) in [5, 5.41) is 7.01. The maximum atomic E-state index is 12.9. The highest BCUT2D eigenvalue weighted by molar-refractivity contribution is 8.01. The van der Waals surface area contributed by atoms with Crippen molar-refractivity contribution in [2.45, 2.75) is 17.5 Å². The second-order valence-electron chi connectivity index (χ2n) is 7.20. The summed E-state index contributed by atoms with van der Waals surface area (Å²) in [6.45, 7) is 5.84. The topological polar surface area (TPSA) is 86.8 Å². The van der Waals surface area contributed by atoms with Crippen molar-refractivity contribution < 1.29 is 14.3 Å². The number of ether oxygens (including phenoxy) is 2. The molecule has 2 aromatic rings. The molecule has 1 N–H and O–H groups in total. The van der Waals surface area contributed by atoms with Crippen molar-refractivity contribution in [3.8, 4) is 11.5 Å². The lowest BCUT2D eigenvalue weighted by atomic mass is 10.2. The highest BCUT2D eigenvalue weighted by atomic mass is 32.2. The zero-order valence-electron chi connectivity index (χ0n) is 15.8. The van der Waals surface area contributed by atoms with Gasteiger partial charge in [-0.1, -0.05) is 6.07 Å². The monoisotopic (exact) mass is 402 g/mol. The molecule has 10 heteroatoms. The number of hydrogen-bond acceptors (Lipinski definition) is 8. The molecule has 0 bridgehead atoms. The number of carbonyl (C=O) groups is 1. The average Bonchev–Trinajstić information content (AvgIpc) is 3.41. The van der Waals surface area contributed by atoms with Gasteiger partial charge in [0.05, 0.1) is 5.25 Å². The van der Waals surface area contributed by atoms with E-state index in [1.165, 1.54) is 0 Å². The molecule has 3 aliphatic heterocycles. The van der Waals surface area contributed by atoms with E-state index < -0.39 is 0 Å². The minimum absolute atomic E-state index is 0.0220. The fourth-order valence-corrected chi connectivity index (χ4v) is 4.88. The van der Waals surface area contributed by atoms with Gasteiger partial charge in [-0.25, -0.2) is 5.10 Å². The van der Waals surface area contributed by atoms with E-state index in [-0.39, 0.29) is 23.3 Å². The molecule has 1 amide bonds. The maximum absolute atomic E-state index is 12.9. The van der Waals surface area contributed by atoms with Crippen molar-refractivity contribution in [3.63, 3.8) is 0 Å². The maximum Gasteiger partial charge on any atom is 0.246 e. The second kappa shape index (κ2) is 6.85. The Morgan fingerprint density at radius 1 is 1.18 bits per heavy atom. The molecule has 4 heterocycles. The highest BCUT2D eigenvalue weighted by Gasteiger charge is 2.42. The standard InChI is InChI=1S/C18H22N6O3S/c1-11-15(25)24(16(28-11)12-3-4-13-14(9-12)27-10-26-13)18-19-17(20-21-18)23-7-5-22(2)6-8-23/h3-4,9,11,16H,5-8,10H2,1-2H3,(H,19,20,21)/t11?,16-/m1/s1. The van der Waals surface area contributed by atoms with Gasteiger partial charge >= 0.3 is 0 Å². The number of rotatable bonds is 3. The number of fused-ring (bicyclic) bond motifs is 1. The first kappa shape index (κ1) is 17.6. The van der Waals surface area contributed by atoms with Crippen LogP contribution in [-0.4, -0.2) is 71.3 Å². The van der Waals surface area contributed by atoms with Crippen LogP contribution in [0, 0.1) is 0 Å². The summed E-state index contributed by atoms with van der Waals surface area (Å²) in [4.78, 5) is 23.7. The van der Waals surface area contributed by atoms with Crippen LogP contribution in [0.5, 0.6) is 11.5 Å². The molecule has 2 atom stereocenters. The van der Waals surface area contributed by atoms with Crippen LogP contribution < -0.4 is 19.3 Å². The van der Waals surface area contributed by atoms with Gasteiger partial charge in [0.2, 0.25) is 24.6 Å². The number of benzene rings is 1. The van der Waals surface area contributed by atoms with Gasteiger partial charge in [0, 0.05) is 26.2 Å². The Morgan fingerprint density at radius 2 is 1.96 bits per heavy atom. The molecule has 5 rings (SSSR count). The first-order chi connectivity index (χ1) is 13.6. The van der Waals surface area contributed by atoms with Crippen LogP contribution in [0.4, 0.5) is 11.9 Å². The number of H-pyrrole nitrogens is 1. The van der Waals surface area contributed by atoms with Crippen molar-refractivity contribution in [3.05, 3.63) is 23.8 Å². The van der Waals surface area contributed by atoms with Crippen LogP contribution in [0.3, 0.4) is 0 Å².